The van der Waals surface area contributed by atoms with Gasteiger partial charge in [-0.3, -0.25) is 9.59 Å². The summed E-state index contributed by atoms with van der Waals surface area (Å²) in [5, 5.41) is 12.8. The Kier molecular flexibility index (Phi) is 8.57. The highest BCUT2D eigenvalue weighted by Gasteiger charge is 2.21. The zero-order valence-electron chi connectivity index (χ0n) is 18.2. The summed E-state index contributed by atoms with van der Waals surface area (Å²) in [6.45, 7) is 6.21. The van der Waals surface area contributed by atoms with Gasteiger partial charge in [-0.1, -0.05) is 55.8 Å². The lowest BCUT2D eigenvalue weighted by Gasteiger charge is -2.13. The molecule has 1 aromatic carbocycles. The van der Waals surface area contributed by atoms with Crippen LogP contribution in [-0.2, 0) is 0 Å². The molecule has 0 radical (unpaired) electrons. The third kappa shape index (κ3) is 6.05. The van der Waals surface area contributed by atoms with Gasteiger partial charge >= 0.3 is 0 Å². The molecule has 31 heavy (non-hydrogen) atoms. The Labute approximate surface area is 182 Å². The average molecular weight is 426 g/mol. The smallest absolute Gasteiger partial charge is 0.293 e. The lowest BCUT2D eigenvalue weighted by molar-refractivity contribution is 0.0948. The quantitative estimate of drug-likeness (QED) is 0.497. The standard InChI is InChI=1S/C21H25N5O3.C2H6/c1-12-10-13(6-5-9-15(12)22)11-24-20(28)17-18(27)21(29)26-19(25-17)16(23)14-7-3-2-4-8-14;1-2/h2-4,7-8,10,16,27H,5-6,9,11,22-23H2,1H3,(H,24,28)(H,25,26,29);1-2H3. The predicted octanol–water partition coefficient (Wildman–Crippen LogP) is 2.62. The molecule has 1 aromatic heterocycles. The molecular weight excluding hydrogens is 394 g/mol. The van der Waals surface area contributed by atoms with Crippen molar-refractivity contribution in [1.82, 2.24) is 15.3 Å². The highest BCUT2D eigenvalue weighted by Crippen LogP contribution is 2.20. The van der Waals surface area contributed by atoms with Gasteiger partial charge < -0.3 is 26.9 Å². The van der Waals surface area contributed by atoms with E-state index in [1.165, 1.54) is 0 Å². The zero-order valence-corrected chi connectivity index (χ0v) is 18.2. The maximum atomic E-state index is 12.6. The molecule has 7 N–H and O–H groups in total. The summed E-state index contributed by atoms with van der Waals surface area (Å²) in [5.41, 5.74) is 14.5. The number of carbonyl (C=O) groups is 1. The maximum Gasteiger partial charge on any atom is 0.293 e. The fourth-order valence-electron chi connectivity index (χ4n) is 3.20. The van der Waals surface area contributed by atoms with E-state index in [-0.39, 0.29) is 18.1 Å². The van der Waals surface area contributed by atoms with E-state index in [4.69, 9.17) is 11.5 Å². The first-order valence-corrected chi connectivity index (χ1v) is 10.4. The number of aromatic hydroxyl groups is 1. The Morgan fingerprint density at radius 2 is 1.94 bits per heavy atom. The molecule has 166 valence electrons. The van der Waals surface area contributed by atoms with Gasteiger partial charge in [0.05, 0.1) is 6.04 Å². The van der Waals surface area contributed by atoms with Crippen molar-refractivity contribution in [3.63, 3.8) is 0 Å². The van der Waals surface area contributed by atoms with Gasteiger partial charge in [0.2, 0.25) is 5.75 Å². The molecule has 8 nitrogen and oxygen atoms in total. The van der Waals surface area contributed by atoms with E-state index in [0.717, 1.165) is 41.7 Å². The number of aromatic amines is 1. The molecule has 0 fully saturated rings. The number of hydrogen-bond donors (Lipinski definition) is 5. The SMILES string of the molecule is CC.CC1=C(N)CCCC(CNC(=O)c2nc(C(N)c3ccccc3)[nH]c(=O)c2O)=C1. The van der Waals surface area contributed by atoms with Crippen molar-refractivity contribution in [3.05, 3.63) is 80.7 Å². The molecule has 0 bridgehead atoms. The van der Waals surface area contributed by atoms with Crippen LogP contribution in [0.2, 0.25) is 0 Å². The van der Waals surface area contributed by atoms with Crippen LogP contribution >= 0.6 is 0 Å². The van der Waals surface area contributed by atoms with Crippen LogP contribution in [0.5, 0.6) is 5.75 Å². The van der Waals surface area contributed by atoms with Crippen LogP contribution in [0.1, 0.15) is 68.0 Å². The number of nitrogens with two attached hydrogens (primary N) is 2. The molecule has 1 atom stereocenters. The van der Waals surface area contributed by atoms with E-state index in [1.807, 2.05) is 45.0 Å². The van der Waals surface area contributed by atoms with Crippen molar-refractivity contribution < 1.29 is 9.90 Å². The minimum atomic E-state index is -0.813. The van der Waals surface area contributed by atoms with E-state index < -0.39 is 23.3 Å². The number of nitrogens with one attached hydrogen (secondary N) is 2. The first-order chi connectivity index (χ1) is 14.9. The van der Waals surface area contributed by atoms with Gasteiger partial charge in [-0.05, 0) is 37.3 Å². The average Bonchev–Trinajstić information content (AvgIpc) is 2.95. The lowest BCUT2D eigenvalue weighted by Crippen LogP contribution is -2.30. The predicted molar refractivity (Wildman–Crippen MR) is 121 cm³/mol. The number of rotatable bonds is 5. The fourth-order valence-corrected chi connectivity index (χ4v) is 3.20. The molecule has 1 aliphatic carbocycles. The summed E-state index contributed by atoms with van der Waals surface area (Å²) in [6.07, 6.45) is 4.48. The third-order valence-corrected chi connectivity index (χ3v) is 4.93. The van der Waals surface area contributed by atoms with Crippen LogP contribution in [0.25, 0.3) is 0 Å². The van der Waals surface area contributed by atoms with Crippen molar-refractivity contribution in [3.8, 4) is 5.75 Å². The van der Waals surface area contributed by atoms with E-state index in [2.05, 4.69) is 15.3 Å². The Bertz CT molecular complexity index is 1030. The summed E-state index contributed by atoms with van der Waals surface area (Å²) in [7, 11) is 0. The van der Waals surface area contributed by atoms with Crippen LogP contribution in [0, 0.1) is 0 Å². The second-order valence-electron chi connectivity index (χ2n) is 7.08. The fraction of sp³-hybridized carbons (Fsp3) is 0.348. The molecule has 0 aliphatic heterocycles. The first kappa shape index (κ1) is 23.9. The number of nitrogens with zero attached hydrogens (tertiary/aromatic N) is 1. The van der Waals surface area contributed by atoms with Gasteiger partial charge in [-0.15, -0.1) is 0 Å². The summed E-state index contributed by atoms with van der Waals surface area (Å²) in [6, 6.07) is 8.30. The van der Waals surface area contributed by atoms with Gasteiger partial charge in [0.25, 0.3) is 11.5 Å². The molecule has 3 rings (SSSR count). The minimum absolute atomic E-state index is 0.101. The van der Waals surface area contributed by atoms with Crippen molar-refractivity contribution in [2.24, 2.45) is 11.5 Å². The normalized spacial score (nSPS) is 14.6. The van der Waals surface area contributed by atoms with E-state index >= 15 is 0 Å². The zero-order chi connectivity index (χ0) is 23.0. The molecule has 1 amide bonds. The summed E-state index contributed by atoms with van der Waals surface area (Å²) in [5.74, 6) is -1.28. The second-order valence-corrected chi connectivity index (χ2v) is 7.08. The van der Waals surface area contributed by atoms with Gasteiger partial charge in [-0.2, -0.15) is 0 Å². The summed E-state index contributed by atoms with van der Waals surface area (Å²) in [4.78, 5) is 31.3. The molecule has 0 spiro atoms. The van der Waals surface area contributed by atoms with Gasteiger partial charge in [-0.25, -0.2) is 4.98 Å². The van der Waals surface area contributed by atoms with Crippen molar-refractivity contribution >= 4 is 5.91 Å². The van der Waals surface area contributed by atoms with Crippen molar-refractivity contribution in [2.45, 2.75) is 46.1 Å². The molecule has 1 unspecified atom stereocenters. The topological polar surface area (TPSA) is 147 Å². The largest absolute Gasteiger partial charge is 0.501 e. The lowest BCUT2D eigenvalue weighted by atomic mass is 10.1. The van der Waals surface area contributed by atoms with E-state index in [1.54, 1.807) is 12.1 Å². The number of aromatic nitrogens is 2. The Morgan fingerprint density at radius 1 is 1.26 bits per heavy atom. The molecule has 0 saturated heterocycles. The Hall–Kier alpha value is -3.39. The van der Waals surface area contributed by atoms with E-state index in [0.29, 0.717) is 0 Å². The monoisotopic (exact) mass is 425 g/mol. The molecule has 2 aromatic rings. The summed E-state index contributed by atoms with van der Waals surface area (Å²) < 4.78 is 0. The molecular formula is C23H31N5O3. The summed E-state index contributed by atoms with van der Waals surface area (Å²) >= 11 is 0. The highest BCUT2D eigenvalue weighted by molar-refractivity contribution is 5.94. The van der Waals surface area contributed by atoms with Crippen LogP contribution in [0.4, 0.5) is 0 Å². The highest BCUT2D eigenvalue weighted by atomic mass is 16.3. The van der Waals surface area contributed by atoms with Crippen LogP contribution < -0.4 is 22.3 Å². The van der Waals surface area contributed by atoms with Crippen molar-refractivity contribution in [1.29, 1.82) is 0 Å². The maximum absolute atomic E-state index is 12.6. The molecule has 0 saturated carbocycles. The molecule has 1 aliphatic rings. The third-order valence-electron chi connectivity index (χ3n) is 4.93. The number of amides is 1. The minimum Gasteiger partial charge on any atom is -0.501 e. The number of H-pyrrole nitrogens is 1. The molecule has 8 heteroatoms. The Balaban J connectivity index is 0.00000166. The van der Waals surface area contributed by atoms with Crippen LogP contribution in [0.15, 0.2) is 58.0 Å². The number of hydrogen-bond acceptors (Lipinski definition) is 6. The number of allylic oxidation sites excluding steroid dienone is 3. The second kappa shape index (κ2) is 11.1. The van der Waals surface area contributed by atoms with E-state index in [9.17, 15) is 14.7 Å². The molecule has 1 heterocycles. The van der Waals surface area contributed by atoms with Crippen LogP contribution in [-0.4, -0.2) is 27.5 Å². The van der Waals surface area contributed by atoms with Crippen LogP contribution in [0.3, 0.4) is 0 Å². The number of benzene rings is 1. The first-order valence-electron chi connectivity index (χ1n) is 10.4. The van der Waals surface area contributed by atoms with Gasteiger partial charge in [0.15, 0.2) is 5.69 Å². The number of carbonyl (C=O) groups excluding carboxylic acids is 1. The van der Waals surface area contributed by atoms with Crippen molar-refractivity contribution in [2.75, 3.05) is 6.54 Å². The Morgan fingerprint density at radius 3 is 2.61 bits per heavy atom. The van der Waals surface area contributed by atoms with Gasteiger partial charge in [0.1, 0.15) is 5.82 Å². The van der Waals surface area contributed by atoms with Gasteiger partial charge in [0, 0.05) is 12.2 Å².